The highest BCUT2D eigenvalue weighted by Gasteiger charge is 2.06. The second-order valence-electron chi connectivity index (χ2n) is 5.21. The summed E-state index contributed by atoms with van der Waals surface area (Å²) in [5.41, 5.74) is 8.87. The Morgan fingerprint density at radius 1 is 1.33 bits per heavy atom. The molecule has 4 nitrogen and oxygen atoms in total. The van der Waals surface area contributed by atoms with Crippen LogP contribution in [0.15, 0.2) is 36.7 Å². The third-order valence-corrected chi connectivity index (χ3v) is 3.58. The minimum atomic E-state index is 0.215. The first-order valence-electron chi connectivity index (χ1n) is 7.13. The predicted octanol–water partition coefficient (Wildman–Crippen LogP) is 2.70. The van der Waals surface area contributed by atoms with E-state index in [1.54, 1.807) is 7.11 Å². The molecule has 1 unspecified atom stereocenters. The molecule has 0 saturated carbocycles. The molecule has 1 aromatic carbocycles. The van der Waals surface area contributed by atoms with E-state index in [2.05, 4.69) is 29.8 Å². The van der Waals surface area contributed by atoms with Gasteiger partial charge in [0.05, 0.1) is 12.7 Å². The molecule has 21 heavy (non-hydrogen) atoms. The molecule has 110 valence electrons. The van der Waals surface area contributed by atoms with Crippen LogP contribution in [0.2, 0.25) is 0 Å². The van der Waals surface area contributed by atoms with Gasteiger partial charge >= 0.3 is 0 Å². The highest BCUT2D eigenvalue weighted by Crippen LogP contribution is 2.19. The lowest BCUT2D eigenvalue weighted by atomic mass is 10.1. The first-order valence-corrected chi connectivity index (χ1v) is 7.13. The second-order valence-corrected chi connectivity index (χ2v) is 5.21. The summed E-state index contributed by atoms with van der Waals surface area (Å²) in [5, 5.41) is 9.12. The molecule has 0 fully saturated rings. The van der Waals surface area contributed by atoms with Crippen molar-refractivity contribution < 1.29 is 4.74 Å². The van der Waals surface area contributed by atoms with Crippen LogP contribution in [0.25, 0.3) is 0 Å². The molecule has 0 amide bonds. The Bertz CT molecular complexity index is 640. The van der Waals surface area contributed by atoms with E-state index in [1.807, 2.05) is 24.4 Å². The number of methoxy groups -OCH3 is 1. The molecular formula is C17H21N3O. The van der Waals surface area contributed by atoms with Crippen LogP contribution in [0.4, 0.5) is 0 Å². The molecule has 0 spiro atoms. The highest BCUT2D eigenvalue weighted by molar-refractivity contribution is 5.45. The van der Waals surface area contributed by atoms with Crippen molar-refractivity contribution in [1.82, 2.24) is 4.57 Å². The molecule has 0 aliphatic rings. The maximum atomic E-state index is 9.12. The molecule has 2 rings (SSSR count). The Hall–Kier alpha value is -2.25. The maximum absolute atomic E-state index is 9.12. The SMILES string of the molecule is CCC(N)Cc1ccn(Cc2ccc(OC)c(C#N)c2)c1. The Morgan fingerprint density at radius 2 is 2.14 bits per heavy atom. The lowest BCUT2D eigenvalue weighted by Crippen LogP contribution is -2.21. The number of benzene rings is 1. The predicted molar refractivity (Wildman–Crippen MR) is 83.2 cm³/mol. The van der Waals surface area contributed by atoms with Crippen molar-refractivity contribution in [2.45, 2.75) is 32.4 Å². The van der Waals surface area contributed by atoms with E-state index in [1.165, 1.54) is 5.56 Å². The summed E-state index contributed by atoms with van der Waals surface area (Å²) in [6.07, 6.45) is 6.05. The Kier molecular flexibility index (Phi) is 5.02. The Balaban J connectivity index is 2.10. The van der Waals surface area contributed by atoms with Crippen LogP contribution >= 0.6 is 0 Å². The normalized spacial score (nSPS) is 11.9. The average molecular weight is 283 g/mol. The molecule has 1 heterocycles. The number of nitrogens with two attached hydrogens (primary N) is 1. The van der Waals surface area contributed by atoms with Gasteiger partial charge in [0.25, 0.3) is 0 Å². The number of hydrogen-bond donors (Lipinski definition) is 1. The van der Waals surface area contributed by atoms with Crippen LogP contribution in [0.3, 0.4) is 0 Å². The summed E-state index contributed by atoms with van der Waals surface area (Å²) in [4.78, 5) is 0. The smallest absolute Gasteiger partial charge is 0.136 e. The van der Waals surface area contributed by atoms with Crippen molar-refractivity contribution >= 4 is 0 Å². The zero-order valence-electron chi connectivity index (χ0n) is 12.5. The summed E-state index contributed by atoms with van der Waals surface area (Å²) in [5.74, 6) is 0.614. The van der Waals surface area contributed by atoms with Gasteiger partial charge in [0.1, 0.15) is 11.8 Å². The fourth-order valence-electron chi connectivity index (χ4n) is 2.31. The molecule has 0 saturated heterocycles. The summed E-state index contributed by atoms with van der Waals surface area (Å²) in [6, 6.07) is 10.2. The summed E-state index contributed by atoms with van der Waals surface area (Å²) >= 11 is 0. The zero-order valence-corrected chi connectivity index (χ0v) is 12.5. The monoisotopic (exact) mass is 283 g/mol. The summed E-state index contributed by atoms with van der Waals surface area (Å²) < 4.78 is 7.27. The Morgan fingerprint density at radius 3 is 2.81 bits per heavy atom. The first-order chi connectivity index (χ1) is 10.2. The molecule has 0 aliphatic carbocycles. The van der Waals surface area contributed by atoms with Crippen molar-refractivity contribution in [1.29, 1.82) is 5.26 Å². The van der Waals surface area contributed by atoms with E-state index < -0.39 is 0 Å². The summed E-state index contributed by atoms with van der Waals surface area (Å²) in [6.45, 7) is 2.84. The minimum absolute atomic E-state index is 0.215. The third kappa shape index (κ3) is 3.87. The standard InChI is InChI=1S/C17H21N3O/c1-3-16(19)9-14-6-7-20(12-14)11-13-4-5-17(21-2)15(8-13)10-18/h4-8,12,16H,3,9,11,19H2,1-2H3. The van der Waals surface area contributed by atoms with Crippen LogP contribution in [-0.4, -0.2) is 17.7 Å². The minimum Gasteiger partial charge on any atom is -0.495 e. The van der Waals surface area contributed by atoms with E-state index in [0.29, 0.717) is 11.3 Å². The van der Waals surface area contributed by atoms with Gasteiger partial charge in [-0.05, 0) is 42.2 Å². The first kappa shape index (κ1) is 15.1. The molecular weight excluding hydrogens is 262 g/mol. The van der Waals surface area contributed by atoms with Gasteiger partial charge in [-0.15, -0.1) is 0 Å². The van der Waals surface area contributed by atoms with Crippen LogP contribution in [0, 0.1) is 11.3 Å². The van der Waals surface area contributed by atoms with E-state index in [9.17, 15) is 0 Å². The van der Waals surface area contributed by atoms with E-state index in [4.69, 9.17) is 15.7 Å². The topological polar surface area (TPSA) is 64.0 Å². The van der Waals surface area contributed by atoms with E-state index in [-0.39, 0.29) is 6.04 Å². The number of nitrogens with zero attached hydrogens (tertiary/aromatic N) is 2. The molecule has 0 aliphatic heterocycles. The van der Waals surface area contributed by atoms with Gasteiger partial charge in [0.2, 0.25) is 0 Å². The van der Waals surface area contributed by atoms with Gasteiger partial charge in [0, 0.05) is 25.0 Å². The molecule has 0 bridgehead atoms. The molecule has 2 aromatic rings. The van der Waals surface area contributed by atoms with Crippen LogP contribution in [-0.2, 0) is 13.0 Å². The molecule has 4 heteroatoms. The van der Waals surface area contributed by atoms with Crippen molar-refractivity contribution in [3.63, 3.8) is 0 Å². The highest BCUT2D eigenvalue weighted by atomic mass is 16.5. The Labute approximate surface area is 125 Å². The van der Waals surface area contributed by atoms with E-state index >= 15 is 0 Å². The van der Waals surface area contributed by atoms with Gasteiger partial charge in [-0.1, -0.05) is 13.0 Å². The third-order valence-electron chi connectivity index (χ3n) is 3.58. The van der Waals surface area contributed by atoms with Crippen molar-refractivity contribution in [2.24, 2.45) is 5.73 Å². The fourth-order valence-corrected chi connectivity index (χ4v) is 2.31. The van der Waals surface area contributed by atoms with Crippen LogP contribution < -0.4 is 10.5 Å². The maximum Gasteiger partial charge on any atom is 0.136 e. The van der Waals surface area contributed by atoms with Crippen LogP contribution in [0.1, 0.15) is 30.0 Å². The van der Waals surface area contributed by atoms with Gasteiger partial charge in [0.15, 0.2) is 0 Å². The summed E-state index contributed by atoms with van der Waals surface area (Å²) in [7, 11) is 1.57. The van der Waals surface area contributed by atoms with Crippen LogP contribution in [0.5, 0.6) is 5.75 Å². The molecule has 1 aromatic heterocycles. The lowest BCUT2D eigenvalue weighted by Gasteiger charge is -2.08. The number of rotatable bonds is 6. The zero-order chi connectivity index (χ0) is 15.2. The molecule has 1 atom stereocenters. The lowest BCUT2D eigenvalue weighted by molar-refractivity contribution is 0.413. The average Bonchev–Trinajstić information content (AvgIpc) is 2.93. The number of nitriles is 1. The number of aromatic nitrogens is 1. The number of hydrogen-bond acceptors (Lipinski definition) is 3. The van der Waals surface area contributed by atoms with Crippen molar-refractivity contribution in [3.8, 4) is 11.8 Å². The van der Waals surface area contributed by atoms with E-state index in [0.717, 1.165) is 24.9 Å². The quantitative estimate of drug-likeness (QED) is 0.886. The molecule has 0 radical (unpaired) electrons. The van der Waals surface area contributed by atoms with Gasteiger partial charge < -0.3 is 15.0 Å². The van der Waals surface area contributed by atoms with Gasteiger partial charge in [-0.3, -0.25) is 0 Å². The van der Waals surface area contributed by atoms with Gasteiger partial charge in [-0.2, -0.15) is 5.26 Å². The number of ether oxygens (including phenoxy) is 1. The van der Waals surface area contributed by atoms with Gasteiger partial charge in [-0.25, -0.2) is 0 Å². The van der Waals surface area contributed by atoms with Crippen molar-refractivity contribution in [3.05, 3.63) is 53.3 Å². The second kappa shape index (κ2) is 6.96. The molecule has 2 N–H and O–H groups in total. The largest absolute Gasteiger partial charge is 0.495 e. The fraction of sp³-hybridized carbons (Fsp3) is 0.353. The van der Waals surface area contributed by atoms with Crippen molar-refractivity contribution in [2.75, 3.05) is 7.11 Å².